The molecule has 1 atom stereocenters. The van der Waals surface area contributed by atoms with Crippen LogP contribution >= 0.6 is 11.8 Å². The van der Waals surface area contributed by atoms with Crippen molar-refractivity contribution in [3.05, 3.63) is 70.3 Å². The van der Waals surface area contributed by atoms with Crippen molar-refractivity contribution in [2.45, 2.75) is 12.6 Å². The van der Waals surface area contributed by atoms with Crippen molar-refractivity contribution in [3.63, 3.8) is 0 Å². The second-order valence-electron chi connectivity index (χ2n) is 8.55. The van der Waals surface area contributed by atoms with Gasteiger partial charge in [0.05, 0.1) is 25.5 Å². The molecular weight excluding hydrogens is 464 g/mol. The zero-order valence-electron chi connectivity index (χ0n) is 20.0. The van der Waals surface area contributed by atoms with E-state index in [1.807, 2.05) is 65.3 Å². The monoisotopic (exact) mass is 496 g/mol. The summed E-state index contributed by atoms with van der Waals surface area (Å²) in [5.41, 5.74) is 10.6. The van der Waals surface area contributed by atoms with Crippen LogP contribution in [0.1, 0.15) is 38.8 Å². The van der Waals surface area contributed by atoms with E-state index in [9.17, 15) is 9.59 Å². The molecule has 2 aliphatic heterocycles. The van der Waals surface area contributed by atoms with E-state index in [2.05, 4.69) is 10.1 Å². The van der Waals surface area contributed by atoms with E-state index in [0.717, 1.165) is 41.3 Å². The van der Waals surface area contributed by atoms with Gasteiger partial charge >= 0.3 is 5.97 Å². The van der Waals surface area contributed by atoms with Crippen molar-refractivity contribution in [1.29, 1.82) is 0 Å². The molecule has 4 rings (SSSR count). The highest BCUT2D eigenvalue weighted by atomic mass is 32.2. The molecule has 8 nitrogen and oxygen atoms in total. The minimum Gasteiger partial charge on any atom is -0.462 e. The average Bonchev–Trinajstić information content (AvgIpc) is 2.89. The molecular formula is C26H32N4O4S. The first-order valence-corrected chi connectivity index (χ1v) is 13.0. The smallest absolute Gasteiger partial charge is 0.320 e. The standard InChI is InChI=1S/C26H32N4O4S/c1-33-12-13-34-24(31)18-29-9-8-21-16-22(6-7-23(21)26(29)27)25(32)20-4-2-19(3-5-20)17-28-30-10-14-35-15-11-30/h2-7,16-17,26H,8-15,18,27H2,1H3. The molecule has 1 saturated heterocycles. The van der Waals surface area contributed by atoms with Crippen LogP contribution in [0.5, 0.6) is 0 Å². The highest BCUT2D eigenvalue weighted by Gasteiger charge is 2.27. The molecule has 1 unspecified atom stereocenters. The second-order valence-corrected chi connectivity index (χ2v) is 9.78. The summed E-state index contributed by atoms with van der Waals surface area (Å²) in [5.74, 6) is 1.87. The number of nitrogens with zero attached hydrogens (tertiary/aromatic N) is 3. The fourth-order valence-corrected chi connectivity index (χ4v) is 5.07. The molecule has 2 heterocycles. The van der Waals surface area contributed by atoms with Gasteiger partial charge in [-0.15, -0.1) is 0 Å². The molecule has 35 heavy (non-hydrogen) atoms. The van der Waals surface area contributed by atoms with Gasteiger partial charge < -0.3 is 15.2 Å². The Labute approximate surface area is 210 Å². The minimum absolute atomic E-state index is 0.0259. The summed E-state index contributed by atoms with van der Waals surface area (Å²) in [5, 5.41) is 6.63. The lowest BCUT2D eigenvalue weighted by atomic mass is 9.92. The fraction of sp³-hybridized carbons (Fsp3) is 0.423. The van der Waals surface area contributed by atoms with Crippen LogP contribution in [0, 0.1) is 0 Å². The highest BCUT2D eigenvalue weighted by Crippen LogP contribution is 2.27. The number of fused-ring (bicyclic) bond motifs is 1. The van der Waals surface area contributed by atoms with Crippen LogP contribution in [0.4, 0.5) is 0 Å². The molecule has 186 valence electrons. The molecule has 0 saturated carbocycles. The van der Waals surface area contributed by atoms with Gasteiger partial charge in [-0.05, 0) is 29.2 Å². The quantitative estimate of drug-likeness (QED) is 0.245. The van der Waals surface area contributed by atoms with Crippen molar-refractivity contribution < 1.29 is 19.1 Å². The summed E-state index contributed by atoms with van der Waals surface area (Å²) >= 11 is 1.95. The van der Waals surface area contributed by atoms with Gasteiger partial charge in [-0.2, -0.15) is 16.9 Å². The summed E-state index contributed by atoms with van der Waals surface area (Å²) in [7, 11) is 1.56. The van der Waals surface area contributed by atoms with E-state index in [1.54, 1.807) is 7.11 Å². The number of thioether (sulfide) groups is 1. The zero-order valence-corrected chi connectivity index (χ0v) is 20.8. The number of hydrazone groups is 1. The summed E-state index contributed by atoms with van der Waals surface area (Å²) in [4.78, 5) is 27.1. The molecule has 2 aromatic rings. The maximum absolute atomic E-state index is 13.1. The van der Waals surface area contributed by atoms with Gasteiger partial charge in [0.2, 0.25) is 0 Å². The predicted molar refractivity (Wildman–Crippen MR) is 138 cm³/mol. The predicted octanol–water partition coefficient (Wildman–Crippen LogP) is 2.31. The van der Waals surface area contributed by atoms with Gasteiger partial charge in [0.25, 0.3) is 0 Å². The van der Waals surface area contributed by atoms with Gasteiger partial charge in [-0.3, -0.25) is 19.5 Å². The summed E-state index contributed by atoms with van der Waals surface area (Å²) in [6, 6.07) is 13.2. The molecule has 1 fully saturated rings. The van der Waals surface area contributed by atoms with Crippen LogP contribution in [0.2, 0.25) is 0 Å². The fourth-order valence-electron chi connectivity index (χ4n) is 4.18. The van der Waals surface area contributed by atoms with E-state index in [0.29, 0.717) is 30.7 Å². The number of methoxy groups -OCH3 is 1. The number of ketones is 1. The third-order valence-electron chi connectivity index (χ3n) is 6.20. The number of carbonyl (C=O) groups is 2. The number of nitrogens with two attached hydrogens (primary N) is 1. The van der Waals surface area contributed by atoms with Gasteiger partial charge in [0.15, 0.2) is 5.78 Å². The zero-order chi connectivity index (χ0) is 24.6. The molecule has 0 radical (unpaired) electrons. The van der Waals surface area contributed by atoms with E-state index >= 15 is 0 Å². The number of hydrogen-bond donors (Lipinski definition) is 1. The number of benzene rings is 2. The first-order chi connectivity index (χ1) is 17.0. The Bertz CT molecular complexity index is 1050. The third-order valence-corrected chi connectivity index (χ3v) is 7.14. The Morgan fingerprint density at radius 1 is 1.09 bits per heavy atom. The topological polar surface area (TPSA) is 97.5 Å². The second kappa shape index (κ2) is 12.3. The maximum atomic E-state index is 13.1. The SMILES string of the molecule is COCCOC(=O)CN1CCc2cc(C(=O)c3ccc(C=NN4CCSCC4)cc3)ccc2C1N. The van der Waals surface area contributed by atoms with Crippen LogP contribution in [0.25, 0.3) is 0 Å². The molecule has 0 bridgehead atoms. The summed E-state index contributed by atoms with van der Waals surface area (Å²) < 4.78 is 10.1. The third kappa shape index (κ3) is 6.70. The number of rotatable bonds is 9. The van der Waals surface area contributed by atoms with Crippen molar-refractivity contribution in [2.75, 3.05) is 58.0 Å². The molecule has 0 spiro atoms. The van der Waals surface area contributed by atoms with E-state index in [4.69, 9.17) is 15.2 Å². The molecule has 0 aliphatic carbocycles. The maximum Gasteiger partial charge on any atom is 0.320 e. The van der Waals surface area contributed by atoms with E-state index in [-0.39, 0.29) is 24.9 Å². The van der Waals surface area contributed by atoms with Crippen LogP contribution in [0.3, 0.4) is 0 Å². The van der Waals surface area contributed by atoms with E-state index in [1.165, 1.54) is 0 Å². The Morgan fingerprint density at radius 3 is 2.57 bits per heavy atom. The Balaban J connectivity index is 1.38. The highest BCUT2D eigenvalue weighted by molar-refractivity contribution is 7.99. The van der Waals surface area contributed by atoms with Crippen molar-refractivity contribution in [3.8, 4) is 0 Å². The largest absolute Gasteiger partial charge is 0.462 e. The number of esters is 1. The molecule has 2 aromatic carbocycles. The minimum atomic E-state index is -0.421. The summed E-state index contributed by atoms with van der Waals surface area (Å²) in [6.45, 7) is 3.27. The molecule has 2 N–H and O–H groups in total. The summed E-state index contributed by atoms with van der Waals surface area (Å²) in [6.07, 6.45) is 2.14. The van der Waals surface area contributed by atoms with Crippen LogP contribution in [0.15, 0.2) is 47.6 Å². The van der Waals surface area contributed by atoms with Crippen molar-refractivity contribution in [1.82, 2.24) is 9.91 Å². The molecule has 0 amide bonds. The Hall–Kier alpha value is -2.72. The normalized spacial score (nSPS) is 18.5. The lowest BCUT2D eigenvalue weighted by Gasteiger charge is -2.34. The van der Waals surface area contributed by atoms with Gasteiger partial charge in [-0.1, -0.05) is 36.4 Å². The Kier molecular flexibility index (Phi) is 8.92. The molecule has 0 aromatic heterocycles. The lowest BCUT2D eigenvalue weighted by Crippen LogP contribution is -2.43. The van der Waals surface area contributed by atoms with Gasteiger partial charge in [-0.25, -0.2) is 0 Å². The first kappa shape index (κ1) is 25.4. The van der Waals surface area contributed by atoms with Crippen LogP contribution in [-0.4, -0.2) is 85.9 Å². The Morgan fingerprint density at radius 2 is 1.83 bits per heavy atom. The van der Waals surface area contributed by atoms with E-state index < -0.39 is 6.17 Å². The molecule has 2 aliphatic rings. The van der Waals surface area contributed by atoms with Gasteiger partial charge in [0, 0.05) is 49.4 Å². The van der Waals surface area contributed by atoms with Crippen molar-refractivity contribution >= 4 is 29.7 Å². The van der Waals surface area contributed by atoms with Crippen LogP contribution in [-0.2, 0) is 20.7 Å². The van der Waals surface area contributed by atoms with Crippen molar-refractivity contribution in [2.24, 2.45) is 10.8 Å². The van der Waals surface area contributed by atoms with Gasteiger partial charge in [0.1, 0.15) is 6.61 Å². The average molecular weight is 497 g/mol. The number of ether oxygens (including phenoxy) is 2. The lowest BCUT2D eigenvalue weighted by molar-refractivity contribution is -0.147. The van der Waals surface area contributed by atoms with Crippen LogP contribution < -0.4 is 5.73 Å². The number of hydrogen-bond acceptors (Lipinski definition) is 9. The number of carbonyl (C=O) groups excluding carboxylic acids is 2. The molecule has 9 heteroatoms. The first-order valence-electron chi connectivity index (χ1n) is 11.8.